The largest absolute Gasteiger partial charge is 0.478 e. The molecule has 0 atom stereocenters. The molecule has 0 unspecified atom stereocenters. The second-order valence-electron chi connectivity index (χ2n) is 4.66. The Morgan fingerprint density at radius 3 is 2.81 bits per heavy atom. The second-order valence-corrected chi connectivity index (χ2v) is 5.54. The first-order valence-corrected chi connectivity index (χ1v) is 7.15. The topological polar surface area (TPSA) is 72.3 Å². The van der Waals surface area contributed by atoms with Crippen molar-refractivity contribution in [3.05, 3.63) is 46.6 Å². The van der Waals surface area contributed by atoms with Gasteiger partial charge < -0.3 is 9.84 Å². The van der Waals surface area contributed by atoms with Crippen molar-refractivity contribution in [3.8, 4) is 11.6 Å². The predicted molar refractivity (Wildman–Crippen MR) is 80.4 cm³/mol. The molecule has 0 saturated heterocycles. The van der Waals surface area contributed by atoms with Gasteiger partial charge in [0.05, 0.1) is 11.1 Å². The number of aryl methyl sites for hydroxylation is 2. The number of benzene rings is 1. The Labute approximate surface area is 124 Å². The van der Waals surface area contributed by atoms with Crippen molar-refractivity contribution < 1.29 is 14.6 Å². The zero-order valence-electron chi connectivity index (χ0n) is 11.5. The fourth-order valence-electron chi connectivity index (χ4n) is 1.97. The minimum atomic E-state index is -0.986. The third kappa shape index (κ3) is 2.45. The maximum atomic E-state index is 11.1. The fourth-order valence-corrected chi connectivity index (χ4v) is 2.89. The number of fused-ring (bicyclic) bond motifs is 1. The summed E-state index contributed by atoms with van der Waals surface area (Å²) in [5, 5.41) is 11.1. The Kier molecular flexibility index (Phi) is 3.31. The number of aromatic nitrogens is 2. The third-order valence-corrected chi connectivity index (χ3v) is 4.22. The SMILES string of the molecule is Cc1ccc(C(=O)O)cc1Oc1ncnc2c(C)csc12. The van der Waals surface area contributed by atoms with Crippen molar-refractivity contribution in [1.29, 1.82) is 0 Å². The molecule has 6 heteroatoms. The lowest BCUT2D eigenvalue weighted by molar-refractivity contribution is 0.0696. The minimum absolute atomic E-state index is 0.184. The van der Waals surface area contributed by atoms with Crippen LogP contribution in [-0.2, 0) is 0 Å². The van der Waals surface area contributed by atoms with E-state index in [1.807, 2.05) is 19.2 Å². The molecule has 3 aromatic rings. The van der Waals surface area contributed by atoms with E-state index in [1.165, 1.54) is 23.7 Å². The fraction of sp³-hybridized carbons (Fsp3) is 0.133. The van der Waals surface area contributed by atoms with Gasteiger partial charge in [-0.3, -0.25) is 0 Å². The molecule has 0 saturated carbocycles. The summed E-state index contributed by atoms with van der Waals surface area (Å²) in [7, 11) is 0. The molecule has 0 spiro atoms. The van der Waals surface area contributed by atoms with E-state index in [4.69, 9.17) is 9.84 Å². The number of hydrogen-bond acceptors (Lipinski definition) is 5. The van der Waals surface area contributed by atoms with E-state index in [9.17, 15) is 4.79 Å². The molecule has 1 N–H and O–H groups in total. The van der Waals surface area contributed by atoms with Crippen molar-refractivity contribution in [2.24, 2.45) is 0 Å². The van der Waals surface area contributed by atoms with Gasteiger partial charge in [0.1, 0.15) is 16.8 Å². The molecule has 5 nitrogen and oxygen atoms in total. The smallest absolute Gasteiger partial charge is 0.335 e. The van der Waals surface area contributed by atoms with Crippen LogP contribution in [0.25, 0.3) is 10.2 Å². The Hall–Kier alpha value is -2.47. The summed E-state index contributed by atoms with van der Waals surface area (Å²) < 4.78 is 6.68. The van der Waals surface area contributed by atoms with Crippen molar-refractivity contribution >= 4 is 27.5 Å². The highest BCUT2D eigenvalue weighted by Crippen LogP contribution is 2.34. The molecule has 0 radical (unpaired) electrons. The van der Waals surface area contributed by atoms with Gasteiger partial charge in [-0.2, -0.15) is 0 Å². The molecule has 0 aliphatic carbocycles. The Morgan fingerprint density at radius 2 is 2.05 bits per heavy atom. The molecule has 2 aromatic heterocycles. The molecular weight excluding hydrogens is 288 g/mol. The molecule has 0 aliphatic rings. The van der Waals surface area contributed by atoms with Gasteiger partial charge in [0, 0.05) is 0 Å². The first kappa shape index (κ1) is 13.5. The van der Waals surface area contributed by atoms with Gasteiger partial charge in [-0.15, -0.1) is 11.3 Å². The van der Waals surface area contributed by atoms with Crippen LogP contribution >= 0.6 is 11.3 Å². The molecule has 3 rings (SSSR count). The Bertz CT molecular complexity index is 842. The van der Waals surface area contributed by atoms with Crippen LogP contribution in [0.5, 0.6) is 11.6 Å². The van der Waals surface area contributed by atoms with Crippen molar-refractivity contribution in [3.63, 3.8) is 0 Å². The van der Waals surface area contributed by atoms with E-state index in [0.29, 0.717) is 11.6 Å². The maximum absolute atomic E-state index is 11.1. The van der Waals surface area contributed by atoms with Crippen LogP contribution in [0, 0.1) is 13.8 Å². The summed E-state index contributed by atoms with van der Waals surface area (Å²) in [5.74, 6) is -0.0515. The number of hydrogen-bond donors (Lipinski definition) is 1. The molecule has 106 valence electrons. The Morgan fingerprint density at radius 1 is 1.24 bits per heavy atom. The molecular formula is C15H12N2O3S. The molecule has 0 amide bonds. The normalized spacial score (nSPS) is 10.8. The van der Waals surface area contributed by atoms with Gasteiger partial charge in [-0.05, 0) is 42.5 Å². The molecule has 0 fully saturated rings. The zero-order chi connectivity index (χ0) is 15.0. The van der Waals surface area contributed by atoms with Gasteiger partial charge in [0.2, 0.25) is 5.88 Å². The number of carbonyl (C=O) groups is 1. The van der Waals surface area contributed by atoms with Gasteiger partial charge in [0.25, 0.3) is 0 Å². The highest BCUT2D eigenvalue weighted by atomic mass is 32.1. The maximum Gasteiger partial charge on any atom is 0.335 e. The van der Waals surface area contributed by atoms with Crippen LogP contribution in [0.2, 0.25) is 0 Å². The van der Waals surface area contributed by atoms with E-state index < -0.39 is 5.97 Å². The summed E-state index contributed by atoms with van der Waals surface area (Å²) in [4.78, 5) is 19.5. The quantitative estimate of drug-likeness (QED) is 0.796. The summed E-state index contributed by atoms with van der Waals surface area (Å²) in [6, 6.07) is 4.78. The minimum Gasteiger partial charge on any atom is -0.478 e. The number of aromatic carboxylic acids is 1. The average molecular weight is 300 g/mol. The predicted octanol–water partition coefficient (Wildman–Crippen LogP) is 3.80. The van der Waals surface area contributed by atoms with Crippen molar-refractivity contribution in [2.75, 3.05) is 0 Å². The van der Waals surface area contributed by atoms with E-state index in [1.54, 1.807) is 12.1 Å². The van der Waals surface area contributed by atoms with E-state index in [2.05, 4.69) is 9.97 Å². The number of rotatable bonds is 3. The van der Waals surface area contributed by atoms with Crippen LogP contribution in [0.4, 0.5) is 0 Å². The lowest BCUT2D eigenvalue weighted by Crippen LogP contribution is -1.98. The van der Waals surface area contributed by atoms with Gasteiger partial charge in [0.15, 0.2) is 0 Å². The van der Waals surface area contributed by atoms with Crippen LogP contribution < -0.4 is 4.74 Å². The molecule has 0 aliphatic heterocycles. The van der Waals surface area contributed by atoms with E-state index in [-0.39, 0.29) is 5.56 Å². The van der Waals surface area contributed by atoms with Crippen LogP contribution in [0.1, 0.15) is 21.5 Å². The standard InChI is InChI=1S/C15H12N2O3S/c1-8-3-4-10(15(18)19)5-11(8)20-14-13-12(16-7-17-14)9(2)6-21-13/h3-7H,1-2H3,(H,18,19). The third-order valence-electron chi connectivity index (χ3n) is 3.14. The molecule has 1 aromatic carbocycles. The average Bonchev–Trinajstić information content (AvgIpc) is 2.84. The van der Waals surface area contributed by atoms with Gasteiger partial charge in [-0.25, -0.2) is 14.8 Å². The first-order chi connectivity index (χ1) is 10.1. The molecule has 2 heterocycles. The lowest BCUT2D eigenvalue weighted by Gasteiger charge is -2.09. The Balaban J connectivity index is 2.06. The monoisotopic (exact) mass is 300 g/mol. The zero-order valence-corrected chi connectivity index (χ0v) is 12.3. The highest BCUT2D eigenvalue weighted by Gasteiger charge is 2.13. The summed E-state index contributed by atoms with van der Waals surface area (Å²) >= 11 is 1.51. The number of thiophene rings is 1. The van der Waals surface area contributed by atoms with E-state index in [0.717, 1.165) is 21.3 Å². The van der Waals surface area contributed by atoms with Crippen LogP contribution in [0.3, 0.4) is 0 Å². The van der Waals surface area contributed by atoms with Crippen molar-refractivity contribution in [2.45, 2.75) is 13.8 Å². The number of carboxylic acids is 1. The lowest BCUT2D eigenvalue weighted by atomic mass is 10.1. The molecule has 0 bridgehead atoms. The summed E-state index contributed by atoms with van der Waals surface area (Å²) in [5.41, 5.74) is 2.96. The van der Waals surface area contributed by atoms with Crippen LogP contribution in [-0.4, -0.2) is 21.0 Å². The molecule has 21 heavy (non-hydrogen) atoms. The summed E-state index contributed by atoms with van der Waals surface area (Å²) in [6.45, 7) is 3.84. The highest BCUT2D eigenvalue weighted by molar-refractivity contribution is 7.17. The first-order valence-electron chi connectivity index (χ1n) is 6.27. The van der Waals surface area contributed by atoms with E-state index >= 15 is 0 Å². The number of carboxylic acid groups (broad SMARTS) is 1. The summed E-state index contributed by atoms with van der Waals surface area (Å²) in [6.07, 6.45) is 1.45. The second kappa shape index (κ2) is 5.14. The number of ether oxygens (including phenoxy) is 1. The van der Waals surface area contributed by atoms with Crippen LogP contribution in [0.15, 0.2) is 29.9 Å². The number of nitrogens with zero attached hydrogens (tertiary/aromatic N) is 2. The van der Waals surface area contributed by atoms with Gasteiger partial charge in [-0.1, -0.05) is 6.07 Å². The van der Waals surface area contributed by atoms with Crippen molar-refractivity contribution in [1.82, 2.24) is 9.97 Å². The van der Waals surface area contributed by atoms with Gasteiger partial charge >= 0.3 is 5.97 Å².